The molecule has 1 atom stereocenters. The van der Waals surface area contributed by atoms with E-state index in [2.05, 4.69) is 4.74 Å². The molecule has 5 heteroatoms. The zero-order valence-corrected chi connectivity index (χ0v) is 10.2. The van der Waals surface area contributed by atoms with Crippen molar-refractivity contribution in [3.05, 3.63) is 35.9 Å². The van der Waals surface area contributed by atoms with Crippen molar-refractivity contribution in [3.8, 4) is 0 Å². The van der Waals surface area contributed by atoms with E-state index in [-0.39, 0.29) is 0 Å². The molecule has 0 aliphatic carbocycles. The average molecular weight is 268 g/mol. The molecule has 0 aliphatic rings. The van der Waals surface area contributed by atoms with Crippen LogP contribution in [0.5, 0.6) is 0 Å². The number of hydrogen-bond donors (Lipinski definition) is 0. The van der Waals surface area contributed by atoms with E-state index < -0.39 is 15.7 Å². The molecule has 2 nitrogen and oxygen atoms in total. The van der Waals surface area contributed by atoms with Crippen LogP contribution in [0.3, 0.4) is 0 Å². The van der Waals surface area contributed by atoms with Crippen LogP contribution >= 0.6 is 34.8 Å². The number of methoxy groups -OCH3 is 1. The van der Waals surface area contributed by atoms with Crippen molar-refractivity contribution in [1.82, 2.24) is 0 Å². The van der Waals surface area contributed by atoms with Crippen LogP contribution in [-0.2, 0) is 9.53 Å². The Morgan fingerprint density at radius 1 is 1.27 bits per heavy atom. The van der Waals surface area contributed by atoms with E-state index >= 15 is 0 Å². The van der Waals surface area contributed by atoms with Gasteiger partial charge in [-0.1, -0.05) is 65.1 Å². The first kappa shape index (κ1) is 12.6. The molecule has 0 fully saturated rings. The fraction of sp³-hybridized carbons (Fsp3) is 0.300. The van der Waals surface area contributed by atoms with Gasteiger partial charge in [0.25, 0.3) is 0 Å². The lowest BCUT2D eigenvalue weighted by Crippen LogP contribution is -2.26. The molecule has 82 valence electrons. The van der Waals surface area contributed by atoms with E-state index in [1.807, 2.05) is 6.07 Å². The van der Waals surface area contributed by atoms with Crippen LogP contribution in [-0.4, -0.2) is 16.9 Å². The minimum absolute atomic E-state index is 0.568. The molecule has 0 aliphatic heterocycles. The lowest BCUT2D eigenvalue weighted by atomic mass is 10.0. The van der Waals surface area contributed by atoms with Crippen LogP contribution in [0.2, 0.25) is 0 Å². The Balaban J connectivity index is 3.08. The number of benzene rings is 1. The molecule has 0 heterocycles. The highest BCUT2D eigenvalue weighted by atomic mass is 35.6. The molecule has 0 radical (unpaired) electrons. The molecule has 0 spiro atoms. The van der Waals surface area contributed by atoms with Crippen molar-refractivity contribution in [2.45, 2.75) is 9.71 Å². The van der Waals surface area contributed by atoms with E-state index in [0.29, 0.717) is 5.56 Å². The van der Waals surface area contributed by atoms with Gasteiger partial charge in [0, 0.05) is 0 Å². The summed E-state index contributed by atoms with van der Waals surface area (Å²) in [6.07, 6.45) is 0. The van der Waals surface area contributed by atoms with Crippen LogP contribution in [0.1, 0.15) is 11.5 Å². The van der Waals surface area contributed by atoms with E-state index in [4.69, 9.17) is 34.8 Å². The van der Waals surface area contributed by atoms with Crippen LogP contribution in [0, 0.1) is 0 Å². The van der Waals surface area contributed by atoms with E-state index in [0.717, 1.165) is 0 Å². The van der Waals surface area contributed by atoms with Gasteiger partial charge in [0.1, 0.15) is 5.92 Å². The second-order valence-corrected chi connectivity index (χ2v) is 5.28. The predicted octanol–water partition coefficient (Wildman–Crippen LogP) is 3.31. The number of esters is 1. The maximum atomic E-state index is 11.5. The number of carbonyl (C=O) groups excluding carboxylic acids is 1. The van der Waals surface area contributed by atoms with Gasteiger partial charge in [0.2, 0.25) is 3.79 Å². The summed E-state index contributed by atoms with van der Waals surface area (Å²) in [5.74, 6) is -1.48. The summed E-state index contributed by atoms with van der Waals surface area (Å²) in [6.45, 7) is 0. The molecule has 0 saturated heterocycles. The third-order valence-corrected chi connectivity index (χ3v) is 2.55. The first-order valence-corrected chi connectivity index (χ1v) is 5.29. The monoisotopic (exact) mass is 266 g/mol. The molecular formula is C10H9Cl3O2. The third-order valence-electron chi connectivity index (χ3n) is 1.90. The van der Waals surface area contributed by atoms with Gasteiger partial charge in [0.05, 0.1) is 7.11 Å². The predicted molar refractivity (Wildman–Crippen MR) is 61.5 cm³/mol. The molecule has 1 aromatic rings. The Morgan fingerprint density at radius 2 is 1.80 bits per heavy atom. The largest absolute Gasteiger partial charge is 0.468 e. The molecule has 15 heavy (non-hydrogen) atoms. The van der Waals surface area contributed by atoms with Crippen LogP contribution in [0.4, 0.5) is 0 Å². The Hall–Kier alpha value is -0.440. The van der Waals surface area contributed by atoms with Crippen molar-refractivity contribution in [2.24, 2.45) is 0 Å². The molecule has 1 aromatic carbocycles. The summed E-state index contributed by atoms with van der Waals surface area (Å²) in [6, 6.07) is 8.77. The first-order chi connectivity index (χ1) is 6.96. The van der Waals surface area contributed by atoms with Crippen molar-refractivity contribution in [1.29, 1.82) is 0 Å². The van der Waals surface area contributed by atoms with E-state index in [1.165, 1.54) is 7.11 Å². The molecule has 0 bridgehead atoms. The fourth-order valence-corrected chi connectivity index (χ4v) is 1.87. The van der Waals surface area contributed by atoms with Crippen LogP contribution in [0.25, 0.3) is 0 Å². The van der Waals surface area contributed by atoms with Gasteiger partial charge in [-0.25, -0.2) is 0 Å². The number of ether oxygens (including phenoxy) is 1. The maximum Gasteiger partial charge on any atom is 0.317 e. The maximum absolute atomic E-state index is 11.5. The van der Waals surface area contributed by atoms with Crippen molar-refractivity contribution < 1.29 is 9.53 Å². The van der Waals surface area contributed by atoms with Crippen LogP contribution in [0.15, 0.2) is 30.3 Å². The highest BCUT2D eigenvalue weighted by Gasteiger charge is 2.40. The van der Waals surface area contributed by atoms with E-state index in [9.17, 15) is 4.79 Å². The van der Waals surface area contributed by atoms with E-state index in [1.54, 1.807) is 24.3 Å². The zero-order chi connectivity index (χ0) is 11.5. The molecule has 0 N–H and O–H groups in total. The minimum atomic E-state index is -1.71. The van der Waals surface area contributed by atoms with Gasteiger partial charge >= 0.3 is 5.97 Å². The molecule has 0 amide bonds. The standard InChI is InChI=1S/C10H9Cl3O2/c1-15-9(14)8(10(11,12)13)7-5-3-2-4-6-7/h2-6,8H,1H3/t8-/m0/s1. The summed E-state index contributed by atoms with van der Waals surface area (Å²) in [4.78, 5) is 11.5. The number of hydrogen-bond acceptors (Lipinski definition) is 2. The number of rotatable bonds is 2. The molecule has 0 saturated carbocycles. The van der Waals surface area contributed by atoms with Crippen LogP contribution < -0.4 is 0 Å². The summed E-state index contributed by atoms with van der Waals surface area (Å²) in [7, 11) is 1.26. The molecular weight excluding hydrogens is 258 g/mol. The second-order valence-electron chi connectivity index (χ2n) is 2.91. The van der Waals surface area contributed by atoms with Gasteiger partial charge < -0.3 is 4.74 Å². The smallest absolute Gasteiger partial charge is 0.317 e. The van der Waals surface area contributed by atoms with Crippen molar-refractivity contribution >= 4 is 40.8 Å². The average Bonchev–Trinajstić information content (AvgIpc) is 2.17. The lowest BCUT2D eigenvalue weighted by Gasteiger charge is -2.22. The number of alkyl halides is 3. The summed E-state index contributed by atoms with van der Waals surface area (Å²) in [5.41, 5.74) is 0.615. The Labute approximate surface area is 103 Å². The number of halogens is 3. The zero-order valence-electron chi connectivity index (χ0n) is 7.91. The van der Waals surface area contributed by atoms with Crippen molar-refractivity contribution in [2.75, 3.05) is 7.11 Å². The Morgan fingerprint density at radius 3 is 2.20 bits per heavy atom. The SMILES string of the molecule is COC(=O)[C@H](c1ccccc1)C(Cl)(Cl)Cl. The van der Waals surface area contributed by atoms with Gasteiger partial charge in [0.15, 0.2) is 0 Å². The van der Waals surface area contributed by atoms with Gasteiger partial charge in [-0.15, -0.1) is 0 Å². The highest BCUT2D eigenvalue weighted by molar-refractivity contribution is 6.68. The number of carbonyl (C=O) groups is 1. The summed E-state index contributed by atoms with van der Waals surface area (Å²) < 4.78 is 2.89. The summed E-state index contributed by atoms with van der Waals surface area (Å²) in [5, 5.41) is 0. The Kier molecular flexibility index (Phi) is 4.26. The first-order valence-electron chi connectivity index (χ1n) is 4.16. The molecule has 0 unspecified atom stereocenters. The quantitative estimate of drug-likeness (QED) is 0.607. The topological polar surface area (TPSA) is 26.3 Å². The van der Waals surface area contributed by atoms with Gasteiger partial charge in [-0.05, 0) is 5.56 Å². The normalized spacial score (nSPS) is 13.3. The lowest BCUT2D eigenvalue weighted by molar-refractivity contribution is -0.142. The second kappa shape index (κ2) is 5.06. The highest BCUT2D eigenvalue weighted by Crippen LogP contribution is 2.42. The fourth-order valence-electron chi connectivity index (χ4n) is 1.22. The van der Waals surface area contributed by atoms with Gasteiger partial charge in [-0.3, -0.25) is 4.79 Å². The minimum Gasteiger partial charge on any atom is -0.468 e. The molecule has 1 rings (SSSR count). The van der Waals surface area contributed by atoms with Gasteiger partial charge in [-0.2, -0.15) is 0 Å². The third kappa shape index (κ3) is 3.26. The summed E-state index contributed by atoms with van der Waals surface area (Å²) >= 11 is 17.2. The molecule has 0 aromatic heterocycles. The Bertz CT molecular complexity index is 332. The van der Waals surface area contributed by atoms with Crippen molar-refractivity contribution in [3.63, 3.8) is 0 Å².